The maximum atomic E-state index is 10.9. The Bertz CT molecular complexity index is 146. The average Bonchev–Trinajstić information content (AvgIpc) is 2.05. The van der Waals surface area contributed by atoms with Gasteiger partial charge in [-0.2, -0.15) is 0 Å². The fourth-order valence-electron chi connectivity index (χ4n) is 0.969. The molecule has 1 aliphatic rings. The van der Waals surface area contributed by atoms with Crippen LogP contribution < -0.4 is 5.32 Å². The lowest BCUT2D eigenvalue weighted by Crippen LogP contribution is -2.48. The largest absolute Gasteiger partial charge is 0.467 e. The quantitative estimate of drug-likeness (QED) is 0.597. The Morgan fingerprint density at radius 2 is 2.33 bits per heavy atom. The Kier molecular flexibility index (Phi) is 5.20. The molecule has 4 nitrogen and oxygen atoms in total. The molecule has 1 saturated heterocycles. The van der Waals surface area contributed by atoms with Crippen LogP contribution in [0, 0.1) is 0 Å². The van der Waals surface area contributed by atoms with Gasteiger partial charge in [-0.05, 0) is 6.92 Å². The Hall–Kier alpha value is -0.320. The minimum atomic E-state index is -0.420. The van der Waals surface area contributed by atoms with E-state index in [0.717, 1.165) is 0 Å². The highest BCUT2D eigenvalue weighted by atomic mass is 35.5. The molecule has 72 valence electrons. The van der Waals surface area contributed by atoms with E-state index in [0.29, 0.717) is 19.2 Å². The van der Waals surface area contributed by atoms with Crippen molar-refractivity contribution in [2.45, 2.75) is 19.1 Å². The molecule has 12 heavy (non-hydrogen) atoms. The zero-order valence-electron chi connectivity index (χ0n) is 7.20. The van der Waals surface area contributed by atoms with Gasteiger partial charge in [-0.25, -0.2) is 4.79 Å². The van der Waals surface area contributed by atoms with Crippen LogP contribution in [0.25, 0.3) is 0 Å². The van der Waals surface area contributed by atoms with Crippen molar-refractivity contribution >= 4 is 18.4 Å². The number of esters is 1. The van der Waals surface area contributed by atoms with Crippen LogP contribution in [0.4, 0.5) is 0 Å². The van der Waals surface area contributed by atoms with Crippen LogP contribution in [0.3, 0.4) is 0 Å². The summed E-state index contributed by atoms with van der Waals surface area (Å²) in [6, 6.07) is 0.330. The molecule has 2 atom stereocenters. The molecule has 0 amide bonds. The first-order valence-corrected chi connectivity index (χ1v) is 3.67. The standard InChI is InChI=1S/C7H13NO3.ClH/c1-5-4-11-6(3-8-5)7(9)10-2;/h5-6,8H,3-4H2,1-2H3;1H/t5-,6+;/m1./s1. The van der Waals surface area contributed by atoms with Gasteiger partial charge in [-0.15, -0.1) is 12.4 Å². The zero-order chi connectivity index (χ0) is 8.27. The van der Waals surface area contributed by atoms with Gasteiger partial charge in [0.15, 0.2) is 6.10 Å². The monoisotopic (exact) mass is 195 g/mol. The smallest absolute Gasteiger partial charge is 0.336 e. The molecule has 0 saturated carbocycles. The Morgan fingerprint density at radius 3 is 2.75 bits per heavy atom. The molecule has 1 N–H and O–H groups in total. The molecule has 1 heterocycles. The fourth-order valence-corrected chi connectivity index (χ4v) is 0.969. The first-order valence-electron chi connectivity index (χ1n) is 3.67. The van der Waals surface area contributed by atoms with Crippen molar-refractivity contribution in [2.24, 2.45) is 0 Å². The third-order valence-corrected chi connectivity index (χ3v) is 1.66. The molecular formula is C7H14ClNO3. The van der Waals surface area contributed by atoms with Crippen molar-refractivity contribution < 1.29 is 14.3 Å². The summed E-state index contributed by atoms with van der Waals surface area (Å²) >= 11 is 0. The van der Waals surface area contributed by atoms with Crippen LogP contribution in [-0.4, -0.2) is 38.4 Å². The van der Waals surface area contributed by atoms with E-state index in [2.05, 4.69) is 10.1 Å². The average molecular weight is 196 g/mol. The number of ether oxygens (including phenoxy) is 2. The summed E-state index contributed by atoms with van der Waals surface area (Å²) in [5, 5.41) is 3.12. The molecular weight excluding hydrogens is 182 g/mol. The van der Waals surface area contributed by atoms with Gasteiger partial charge in [0.25, 0.3) is 0 Å². The molecule has 0 aromatic rings. The van der Waals surface area contributed by atoms with Crippen molar-refractivity contribution in [3.05, 3.63) is 0 Å². The zero-order valence-corrected chi connectivity index (χ0v) is 8.02. The molecule has 1 fully saturated rings. The van der Waals surface area contributed by atoms with Gasteiger partial charge in [0.2, 0.25) is 0 Å². The fraction of sp³-hybridized carbons (Fsp3) is 0.857. The van der Waals surface area contributed by atoms with Crippen LogP contribution in [0.15, 0.2) is 0 Å². The number of carbonyl (C=O) groups is 1. The van der Waals surface area contributed by atoms with Crippen LogP contribution in [0.2, 0.25) is 0 Å². The molecule has 0 spiro atoms. The first-order chi connectivity index (χ1) is 5.24. The number of rotatable bonds is 1. The minimum absolute atomic E-state index is 0. The maximum absolute atomic E-state index is 10.9. The van der Waals surface area contributed by atoms with Crippen molar-refractivity contribution in [1.82, 2.24) is 5.32 Å². The number of carbonyl (C=O) groups excluding carboxylic acids is 1. The summed E-state index contributed by atoms with van der Waals surface area (Å²) in [7, 11) is 1.36. The number of nitrogens with one attached hydrogen (secondary N) is 1. The van der Waals surface area contributed by atoms with E-state index in [1.165, 1.54) is 7.11 Å². The summed E-state index contributed by atoms with van der Waals surface area (Å²) in [6.07, 6.45) is -0.420. The highest BCUT2D eigenvalue weighted by Gasteiger charge is 2.24. The predicted octanol–water partition coefficient (Wildman–Crippen LogP) is -0.0419. The van der Waals surface area contributed by atoms with Gasteiger partial charge < -0.3 is 14.8 Å². The molecule has 0 aliphatic carbocycles. The highest BCUT2D eigenvalue weighted by Crippen LogP contribution is 2.01. The molecule has 5 heteroatoms. The van der Waals surface area contributed by atoms with Crippen molar-refractivity contribution in [2.75, 3.05) is 20.3 Å². The summed E-state index contributed by atoms with van der Waals surface area (Å²) in [6.45, 7) is 3.13. The highest BCUT2D eigenvalue weighted by molar-refractivity contribution is 5.85. The lowest BCUT2D eigenvalue weighted by Gasteiger charge is -2.26. The molecule has 1 rings (SSSR count). The van der Waals surface area contributed by atoms with E-state index >= 15 is 0 Å². The molecule has 0 bridgehead atoms. The van der Waals surface area contributed by atoms with E-state index in [1.54, 1.807) is 0 Å². The number of hydrogen-bond donors (Lipinski definition) is 1. The van der Waals surface area contributed by atoms with Crippen molar-refractivity contribution in [3.8, 4) is 0 Å². The van der Waals surface area contributed by atoms with Crippen molar-refractivity contribution in [3.63, 3.8) is 0 Å². The molecule has 0 aromatic heterocycles. The summed E-state index contributed by atoms with van der Waals surface area (Å²) in [5.41, 5.74) is 0. The Labute approximate surface area is 78.0 Å². The van der Waals surface area contributed by atoms with Gasteiger partial charge in [-0.3, -0.25) is 0 Å². The van der Waals surface area contributed by atoms with Gasteiger partial charge in [-0.1, -0.05) is 0 Å². The van der Waals surface area contributed by atoms with Crippen LogP contribution in [0.5, 0.6) is 0 Å². The van der Waals surface area contributed by atoms with Crippen LogP contribution in [-0.2, 0) is 14.3 Å². The Balaban J connectivity index is 0.00000121. The number of methoxy groups -OCH3 is 1. The number of morpholine rings is 1. The Morgan fingerprint density at radius 1 is 1.67 bits per heavy atom. The lowest BCUT2D eigenvalue weighted by atomic mass is 10.2. The van der Waals surface area contributed by atoms with E-state index in [4.69, 9.17) is 4.74 Å². The van der Waals surface area contributed by atoms with Gasteiger partial charge in [0.05, 0.1) is 13.7 Å². The second-order valence-corrected chi connectivity index (χ2v) is 2.65. The summed E-state index contributed by atoms with van der Waals surface area (Å²) < 4.78 is 9.73. The lowest BCUT2D eigenvalue weighted by molar-refractivity contribution is -0.156. The topological polar surface area (TPSA) is 47.6 Å². The first kappa shape index (κ1) is 11.7. The maximum Gasteiger partial charge on any atom is 0.336 e. The van der Waals surface area contributed by atoms with E-state index in [9.17, 15) is 4.79 Å². The number of hydrogen-bond acceptors (Lipinski definition) is 4. The van der Waals surface area contributed by atoms with E-state index in [-0.39, 0.29) is 18.4 Å². The molecule has 0 radical (unpaired) electrons. The second-order valence-electron chi connectivity index (χ2n) is 2.65. The predicted molar refractivity (Wildman–Crippen MR) is 46.5 cm³/mol. The SMILES string of the molecule is COC(=O)[C@@H]1CN[C@H](C)CO1.Cl. The third-order valence-electron chi connectivity index (χ3n) is 1.66. The summed E-state index contributed by atoms with van der Waals surface area (Å²) in [4.78, 5) is 10.9. The molecule has 0 unspecified atom stereocenters. The summed E-state index contributed by atoms with van der Waals surface area (Å²) in [5.74, 6) is -0.301. The molecule has 0 aromatic carbocycles. The van der Waals surface area contributed by atoms with Crippen LogP contribution in [0.1, 0.15) is 6.92 Å². The van der Waals surface area contributed by atoms with Gasteiger partial charge >= 0.3 is 5.97 Å². The second kappa shape index (κ2) is 5.35. The van der Waals surface area contributed by atoms with Gasteiger partial charge in [0, 0.05) is 12.6 Å². The molecule has 1 aliphatic heterocycles. The third kappa shape index (κ3) is 2.97. The van der Waals surface area contributed by atoms with Gasteiger partial charge in [0.1, 0.15) is 0 Å². The minimum Gasteiger partial charge on any atom is -0.467 e. The van der Waals surface area contributed by atoms with Crippen molar-refractivity contribution in [1.29, 1.82) is 0 Å². The normalized spacial score (nSPS) is 28.8. The van der Waals surface area contributed by atoms with E-state index in [1.807, 2.05) is 6.92 Å². The van der Waals surface area contributed by atoms with E-state index < -0.39 is 6.10 Å². The van der Waals surface area contributed by atoms with Crippen LogP contribution >= 0.6 is 12.4 Å². The number of halogens is 1.